The Labute approximate surface area is 89.7 Å². The fourth-order valence-electron chi connectivity index (χ4n) is 1.26. The predicted molar refractivity (Wildman–Crippen MR) is 60.9 cm³/mol. The van der Waals surface area contributed by atoms with Gasteiger partial charge in [-0.15, -0.1) is 0 Å². The van der Waals surface area contributed by atoms with E-state index in [1.165, 1.54) is 0 Å². The van der Waals surface area contributed by atoms with E-state index in [4.69, 9.17) is 9.94 Å². The van der Waals surface area contributed by atoms with E-state index >= 15 is 0 Å². The topological polar surface area (TPSA) is 41.8 Å². The third-order valence-electron chi connectivity index (χ3n) is 2.03. The number of benzene rings is 1. The zero-order valence-electron chi connectivity index (χ0n) is 9.03. The van der Waals surface area contributed by atoms with Gasteiger partial charge in [0.2, 0.25) is 0 Å². The van der Waals surface area contributed by atoms with Gasteiger partial charge in [0, 0.05) is 5.56 Å². The second-order valence-electron chi connectivity index (χ2n) is 3.28. The summed E-state index contributed by atoms with van der Waals surface area (Å²) in [5.41, 5.74) is 2.44. The monoisotopic (exact) mass is 205 g/mol. The van der Waals surface area contributed by atoms with Crippen LogP contribution >= 0.6 is 0 Å². The predicted octanol–water partition coefficient (Wildman–Crippen LogP) is 2.76. The zero-order valence-corrected chi connectivity index (χ0v) is 9.03. The Balaban J connectivity index is 3.08. The van der Waals surface area contributed by atoms with Gasteiger partial charge >= 0.3 is 0 Å². The molecule has 0 aliphatic heterocycles. The van der Waals surface area contributed by atoms with Crippen LogP contribution in [-0.4, -0.2) is 17.5 Å². The SMILES string of the molecule is C=CCOc1ccc(C)cc1/C(C)=N/O. The molecule has 0 saturated carbocycles. The highest BCUT2D eigenvalue weighted by Gasteiger charge is 2.07. The van der Waals surface area contributed by atoms with Crippen molar-refractivity contribution < 1.29 is 9.94 Å². The van der Waals surface area contributed by atoms with Crippen molar-refractivity contribution in [3.05, 3.63) is 42.0 Å². The van der Waals surface area contributed by atoms with E-state index in [0.717, 1.165) is 11.1 Å². The second kappa shape index (κ2) is 5.20. The van der Waals surface area contributed by atoms with E-state index in [1.807, 2.05) is 25.1 Å². The molecule has 0 fully saturated rings. The van der Waals surface area contributed by atoms with Crippen molar-refractivity contribution in [2.24, 2.45) is 5.16 Å². The molecule has 1 rings (SSSR count). The molecule has 1 aromatic rings. The number of oxime groups is 1. The maximum atomic E-state index is 8.74. The molecule has 0 unspecified atom stereocenters. The summed E-state index contributed by atoms with van der Waals surface area (Å²) in [6.45, 7) is 7.73. The normalized spacial score (nSPS) is 11.2. The Hall–Kier alpha value is -1.77. The van der Waals surface area contributed by atoms with E-state index in [0.29, 0.717) is 18.1 Å². The van der Waals surface area contributed by atoms with Gasteiger partial charge < -0.3 is 9.94 Å². The average Bonchev–Trinajstić information content (AvgIpc) is 2.26. The molecule has 0 saturated heterocycles. The molecule has 15 heavy (non-hydrogen) atoms. The Morgan fingerprint density at radius 2 is 2.33 bits per heavy atom. The molecule has 0 aromatic heterocycles. The first-order valence-electron chi connectivity index (χ1n) is 4.72. The number of nitrogens with zero attached hydrogens (tertiary/aromatic N) is 1. The lowest BCUT2D eigenvalue weighted by molar-refractivity contribution is 0.318. The lowest BCUT2D eigenvalue weighted by Gasteiger charge is -2.09. The van der Waals surface area contributed by atoms with Crippen LogP contribution in [0.4, 0.5) is 0 Å². The van der Waals surface area contributed by atoms with Crippen LogP contribution in [0.5, 0.6) is 5.75 Å². The number of hydrogen-bond acceptors (Lipinski definition) is 3. The van der Waals surface area contributed by atoms with Crippen LogP contribution in [0.1, 0.15) is 18.1 Å². The summed E-state index contributed by atoms with van der Waals surface area (Å²) in [6, 6.07) is 5.74. The molecule has 0 aliphatic rings. The fraction of sp³-hybridized carbons (Fsp3) is 0.250. The van der Waals surface area contributed by atoms with Crippen molar-refractivity contribution in [2.45, 2.75) is 13.8 Å². The van der Waals surface area contributed by atoms with Gasteiger partial charge in [0.25, 0.3) is 0 Å². The van der Waals surface area contributed by atoms with Gasteiger partial charge in [0.15, 0.2) is 0 Å². The van der Waals surface area contributed by atoms with Crippen molar-refractivity contribution in [3.8, 4) is 5.75 Å². The van der Waals surface area contributed by atoms with E-state index < -0.39 is 0 Å². The highest BCUT2D eigenvalue weighted by atomic mass is 16.5. The van der Waals surface area contributed by atoms with E-state index in [1.54, 1.807) is 13.0 Å². The lowest BCUT2D eigenvalue weighted by atomic mass is 10.1. The van der Waals surface area contributed by atoms with E-state index in [2.05, 4.69) is 11.7 Å². The van der Waals surface area contributed by atoms with Crippen LogP contribution in [0.15, 0.2) is 36.0 Å². The molecule has 0 bridgehead atoms. The minimum Gasteiger partial charge on any atom is -0.489 e. The van der Waals surface area contributed by atoms with Gasteiger partial charge in [0.1, 0.15) is 12.4 Å². The number of ether oxygens (including phenoxy) is 1. The number of hydrogen-bond donors (Lipinski definition) is 1. The van der Waals surface area contributed by atoms with Crippen molar-refractivity contribution in [1.29, 1.82) is 0 Å². The summed E-state index contributed by atoms with van der Waals surface area (Å²) in [6.07, 6.45) is 1.68. The largest absolute Gasteiger partial charge is 0.489 e. The molecule has 1 aromatic carbocycles. The summed E-state index contributed by atoms with van der Waals surface area (Å²) in [7, 11) is 0. The van der Waals surface area contributed by atoms with Gasteiger partial charge in [-0.05, 0) is 26.0 Å². The molecule has 0 spiro atoms. The van der Waals surface area contributed by atoms with E-state index in [9.17, 15) is 0 Å². The second-order valence-corrected chi connectivity index (χ2v) is 3.28. The van der Waals surface area contributed by atoms with Crippen molar-refractivity contribution in [3.63, 3.8) is 0 Å². The third-order valence-corrected chi connectivity index (χ3v) is 2.03. The first-order valence-corrected chi connectivity index (χ1v) is 4.72. The van der Waals surface area contributed by atoms with Crippen molar-refractivity contribution in [1.82, 2.24) is 0 Å². The van der Waals surface area contributed by atoms with Gasteiger partial charge in [-0.2, -0.15) is 0 Å². The van der Waals surface area contributed by atoms with Gasteiger partial charge in [-0.25, -0.2) is 0 Å². The minimum absolute atomic E-state index is 0.439. The molecule has 0 aliphatic carbocycles. The van der Waals surface area contributed by atoms with Crippen LogP contribution in [0, 0.1) is 6.92 Å². The van der Waals surface area contributed by atoms with Crippen molar-refractivity contribution >= 4 is 5.71 Å². The molecule has 1 N–H and O–H groups in total. The summed E-state index contributed by atoms with van der Waals surface area (Å²) < 4.78 is 5.45. The quantitative estimate of drug-likeness (QED) is 0.355. The van der Waals surface area contributed by atoms with Gasteiger partial charge in [-0.1, -0.05) is 29.4 Å². The standard InChI is InChI=1S/C12H15NO2/c1-4-7-15-12-6-5-9(2)8-11(12)10(3)13-14/h4-6,8,14H,1,7H2,2-3H3/b13-10+. The van der Waals surface area contributed by atoms with Crippen LogP contribution in [0.25, 0.3) is 0 Å². The molecule has 80 valence electrons. The molecule has 0 atom stereocenters. The molecular formula is C12H15NO2. The average molecular weight is 205 g/mol. The van der Waals surface area contributed by atoms with Crippen molar-refractivity contribution in [2.75, 3.05) is 6.61 Å². The Morgan fingerprint density at radius 3 is 2.93 bits per heavy atom. The molecule has 3 heteroatoms. The Kier molecular flexibility index (Phi) is 3.92. The molecule has 0 heterocycles. The molecule has 0 amide bonds. The Bertz CT molecular complexity index is 383. The minimum atomic E-state index is 0.439. The van der Waals surface area contributed by atoms with Crippen LogP contribution in [0.2, 0.25) is 0 Å². The Morgan fingerprint density at radius 1 is 1.60 bits per heavy atom. The van der Waals surface area contributed by atoms with Crippen LogP contribution < -0.4 is 4.74 Å². The summed E-state index contributed by atoms with van der Waals surface area (Å²) >= 11 is 0. The van der Waals surface area contributed by atoms with E-state index in [-0.39, 0.29) is 0 Å². The first kappa shape index (κ1) is 11.3. The fourth-order valence-corrected chi connectivity index (χ4v) is 1.26. The highest BCUT2D eigenvalue weighted by molar-refractivity contribution is 6.00. The third kappa shape index (κ3) is 2.84. The maximum Gasteiger partial charge on any atom is 0.128 e. The molecule has 3 nitrogen and oxygen atoms in total. The summed E-state index contributed by atoms with van der Waals surface area (Å²) in [4.78, 5) is 0. The summed E-state index contributed by atoms with van der Waals surface area (Å²) in [5.74, 6) is 0.704. The number of rotatable bonds is 4. The highest BCUT2D eigenvalue weighted by Crippen LogP contribution is 2.20. The summed E-state index contributed by atoms with van der Waals surface area (Å²) in [5, 5.41) is 11.9. The van der Waals surface area contributed by atoms with Gasteiger partial charge in [0.05, 0.1) is 5.71 Å². The van der Waals surface area contributed by atoms with Crippen LogP contribution in [-0.2, 0) is 0 Å². The first-order chi connectivity index (χ1) is 7.19. The number of aryl methyl sites for hydroxylation is 1. The molecule has 0 radical (unpaired) electrons. The van der Waals surface area contributed by atoms with Crippen LogP contribution in [0.3, 0.4) is 0 Å². The lowest BCUT2D eigenvalue weighted by Crippen LogP contribution is -2.02. The molecular weight excluding hydrogens is 190 g/mol. The smallest absolute Gasteiger partial charge is 0.128 e. The zero-order chi connectivity index (χ0) is 11.3. The van der Waals surface area contributed by atoms with Gasteiger partial charge in [-0.3, -0.25) is 0 Å². The maximum absolute atomic E-state index is 8.74.